The highest BCUT2D eigenvalue weighted by Crippen LogP contribution is 2.13. The largest absolute Gasteiger partial charge is 0.372 e. The van der Waals surface area contributed by atoms with Gasteiger partial charge in [0.1, 0.15) is 0 Å². The van der Waals surface area contributed by atoms with Gasteiger partial charge in [-0.1, -0.05) is 13.8 Å². The summed E-state index contributed by atoms with van der Waals surface area (Å²) in [5.41, 5.74) is 0. The van der Waals surface area contributed by atoms with Crippen molar-refractivity contribution in [2.24, 2.45) is 5.92 Å². The first-order chi connectivity index (χ1) is 6.00. The standard InChI is InChI=1S/C10H20N2O/c1-7(2)10(11)12-5-8(3)13-9(4)6-12/h7-9,11H,5-6H2,1-4H3. The molecule has 3 nitrogen and oxygen atoms in total. The summed E-state index contributed by atoms with van der Waals surface area (Å²) in [4.78, 5) is 2.13. The lowest BCUT2D eigenvalue weighted by molar-refractivity contribution is -0.0492. The lowest BCUT2D eigenvalue weighted by Crippen LogP contribution is -2.49. The van der Waals surface area contributed by atoms with E-state index in [0.717, 1.165) is 18.9 Å². The van der Waals surface area contributed by atoms with Gasteiger partial charge in [0.2, 0.25) is 0 Å². The summed E-state index contributed by atoms with van der Waals surface area (Å²) < 4.78 is 5.61. The Labute approximate surface area is 80.6 Å². The molecule has 1 N–H and O–H groups in total. The molecule has 0 amide bonds. The van der Waals surface area contributed by atoms with Crippen LogP contribution in [0.5, 0.6) is 0 Å². The van der Waals surface area contributed by atoms with Gasteiger partial charge < -0.3 is 9.64 Å². The van der Waals surface area contributed by atoms with Crippen LogP contribution in [0.25, 0.3) is 0 Å². The van der Waals surface area contributed by atoms with E-state index in [-0.39, 0.29) is 12.2 Å². The van der Waals surface area contributed by atoms with Crippen LogP contribution in [0.4, 0.5) is 0 Å². The van der Waals surface area contributed by atoms with Crippen LogP contribution in [0.3, 0.4) is 0 Å². The Kier molecular flexibility index (Phi) is 3.31. The zero-order valence-electron chi connectivity index (χ0n) is 9.00. The Morgan fingerprint density at radius 1 is 1.31 bits per heavy atom. The Balaban J connectivity index is 2.55. The van der Waals surface area contributed by atoms with E-state index in [1.807, 2.05) is 0 Å². The fourth-order valence-corrected chi connectivity index (χ4v) is 1.74. The molecule has 2 atom stereocenters. The summed E-state index contributed by atoms with van der Waals surface area (Å²) >= 11 is 0. The molecular formula is C10H20N2O. The van der Waals surface area contributed by atoms with E-state index in [2.05, 4.69) is 32.6 Å². The molecular weight excluding hydrogens is 164 g/mol. The minimum absolute atomic E-state index is 0.253. The van der Waals surface area contributed by atoms with Crippen molar-refractivity contribution < 1.29 is 4.74 Å². The number of nitrogens with one attached hydrogen (secondary N) is 1. The SMILES string of the molecule is CC1CN(C(=N)C(C)C)CC(C)O1. The van der Waals surface area contributed by atoms with Crippen LogP contribution in [0.15, 0.2) is 0 Å². The van der Waals surface area contributed by atoms with E-state index in [1.54, 1.807) is 0 Å². The Morgan fingerprint density at radius 2 is 1.77 bits per heavy atom. The van der Waals surface area contributed by atoms with E-state index >= 15 is 0 Å². The second-order valence-electron chi connectivity index (χ2n) is 4.20. The van der Waals surface area contributed by atoms with E-state index in [1.165, 1.54) is 0 Å². The molecule has 0 aromatic carbocycles. The van der Waals surface area contributed by atoms with Crippen LogP contribution in [0.2, 0.25) is 0 Å². The molecule has 13 heavy (non-hydrogen) atoms. The minimum Gasteiger partial charge on any atom is -0.372 e. The number of ether oxygens (including phenoxy) is 1. The van der Waals surface area contributed by atoms with Gasteiger partial charge in [-0.05, 0) is 13.8 Å². The second kappa shape index (κ2) is 4.09. The maximum Gasteiger partial charge on any atom is 0.0985 e. The molecule has 1 fully saturated rings. The van der Waals surface area contributed by atoms with Crippen LogP contribution in [0.1, 0.15) is 27.7 Å². The summed E-state index contributed by atoms with van der Waals surface area (Å²) in [5.74, 6) is 1.06. The van der Waals surface area contributed by atoms with E-state index < -0.39 is 0 Å². The fraction of sp³-hybridized carbons (Fsp3) is 0.900. The average molecular weight is 184 g/mol. The molecule has 3 heteroatoms. The summed E-state index contributed by atoms with van der Waals surface area (Å²) in [6.07, 6.45) is 0.505. The predicted molar refractivity (Wildman–Crippen MR) is 54.1 cm³/mol. The molecule has 0 aromatic rings. The van der Waals surface area contributed by atoms with Gasteiger partial charge in [0.15, 0.2) is 0 Å². The van der Waals surface area contributed by atoms with Crippen LogP contribution >= 0.6 is 0 Å². The minimum atomic E-state index is 0.253. The number of amidine groups is 1. The number of nitrogens with zero attached hydrogens (tertiary/aromatic N) is 1. The molecule has 1 heterocycles. The number of rotatable bonds is 1. The lowest BCUT2D eigenvalue weighted by Gasteiger charge is -2.37. The van der Waals surface area contributed by atoms with Crippen molar-refractivity contribution in [1.82, 2.24) is 4.90 Å². The highest BCUT2D eigenvalue weighted by atomic mass is 16.5. The van der Waals surface area contributed by atoms with Gasteiger partial charge in [-0.2, -0.15) is 0 Å². The van der Waals surface area contributed by atoms with Gasteiger partial charge in [0, 0.05) is 19.0 Å². The Hall–Kier alpha value is -0.570. The third kappa shape index (κ3) is 2.69. The highest BCUT2D eigenvalue weighted by molar-refractivity contribution is 5.81. The molecule has 0 spiro atoms. The Morgan fingerprint density at radius 3 is 2.15 bits per heavy atom. The van der Waals surface area contributed by atoms with E-state index in [4.69, 9.17) is 10.1 Å². The summed E-state index contributed by atoms with van der Waals surface area (Å²) in [6, 6.07) is 0. The van der Waals surface area contributed by atoms with Crippen LogP contribution < -0.4 is 0 Å². The van der Waals surface area contributed by atoms with Crippen molar-refractivity contribution >= 4 is 5.84 Å². The summed E-state index contributed by atoms with van der Waals surface area (Å²) in [6.45, 7) is 9.98. The van der Waals surface area contributed by atoms with Gasteiger partial charge in [-0.25, -0.2) is 0 Å². The fourth-order valence-electron chi connectivity index (χ4n) is 1.74. The van der Waals surface area contributed by atoms with Crippen molar-refractivity contribution in [3.05, 3.63) is 0 Å². The summed E-state index contributed by atoms with van der Waals surface area (Å²) in [5, 5.41) is 7.89. The zero-order valence-corrected chi connectivity index (χ0v) is 9.00. The first-order valence-electron chi connectivity index (χ1n) is 4.99. The van der Waals surface area contributed by atoms with Gasteiger partial charge in [-0.15, -0.1) is 0 Å². The normalized spacial score (nSPS) is 29.5. The monoisotopic (exact) mass is 184 g/mol. The molecule has 1 aliphatic rings. The quantitative estimate of drug-likeness (QED) is 0.497. The molecule has 1 rings (SSSR count). The molecule has 76 valence electrons. The van der Waals surface area contributed by atoms with Crippen LogP contribution in [-0.2, 0) is 4.74 Å². The van der Waals surface area contributed by atoms with Gasteiger partial charge in [0.25, 0.3) is 0 Å². The van der Waals surface area contributed by atoms with Crippen molar-refractivity contribution in [1.29, 1.82) is 5.41 Å². The third-order valence-electron chi connectivity index (χ3n) is 2.31. The topological polar surface area (TPSA) is 36.3 Å². The van der Waals surface area contributed by atoms with Crippen molar-refractivity contribution in [2.45, 2.75) is 39.9 Å². The number of hydrogen-bond acceptors (Lipinski definition) is 2. The van der Waals surface area contributed by atoms with Crippen molar-refractivity contribution in [3.63, 3.8) is 0 Å². The Bertz CT molecular complexity index is 181. The summed E-state index contributed by atoms with van der Waals surface area (Å²) in [7, 11) is 0. The maximum atomic E-state index is 7.89. The van der Waals surface area contributed by atoms with Crippen molar-refractivity contribution in [3.8, 4) is 0 Å². The molecule has 1 aliphatic heterocycles. The van der Waals surface area contributed by atoms with Gasteiger partial charge >= 0.3 is 0 Å². The second-order valence-corrected chi connectivity index (χ2v) is 4.20. The molecule has 1 saturated heterocycles. The first kappa shape index (κ1) is 10.5. The van der Waals surface area contributed by atoms with Gasteiger partial charge in [-0.3, -0.25) is 5.41 Å². The highest BCUT2D eigenvalue weighted by Gasteiger charge is 2.24. The average Bonchev–Trinajstić information content (AvgIpc) is 2.01. The van der Waals surface area contributed by atoms with Gasteiger partial charge in [0.05, 0.1) is 18.0 Å². The maximum absolute atomic E-state index is 7.89. The zero-order chi connectivity index (χ0) is 10.0. The number of hydrogen-bond donors (Lipinski definition) is 1. The smallest absolute Gasteiger partial charge is 0.0985 e. The molecule has 0 saturated carbocycles. The number of morpholine rings is 1. The molecule has 0 aromatic heterocycles. The van der Waals surface area contributed by atoms with E-state index in [9.17, 15) is 0 Å². The molecule has 2 unspecified atom stereocenters. The van der Waals surface area contributed by atoms with Crippen LogP contribution in [-0.4, -0.2) is 36.0 Å². The lowest BCUT2D eigenvalue weighted by atomic mass is 10.1. The van der Waals surface area contributed by atoms with E-state index in [0.29, 0.717) is 5.92 Å². The third-order valence-corrected chi connectivity index (χ3v) is 2.31. The molecule has 0 aliphatic carbocycles. The van der Waals surface area contributed by atoms with Crippen molar-refractivity contribution in [2.75, 3.05) is 13.1 Å². The predicted octanol–water partition coefficient (Wildman–Crippen LogP) is 1.73. The first-order valence-corrected chi connectivity index (χ1v) is 4.99. The molecule has 0 bridgehead atoms. The molecule has 0 radical (unpaired) electrons. The van der Waals surface area contributed by atoms with Crippen LogP contribution in [0, 0.1) is 11.3 Å².